The Labute approximate surface area is 176 Å². The molecular formula is C24H18N2O3S. The Kier molecular flexibility index (Phi) is 4.69. The highest BCUT2D eigenvalue weighted by Gasteiger charge is 2.11. The van der Waals surface area contributed by atoms with Crippen LogP contribution in [0.5, 0.6) is 11.5 Å². The number of nitrogens with zero attached hydrogens (tertiary/aromatic N) is 2. The Bertz CT molecular complexity index is 1450. The van der Waals surface area contributed by atoms with Gasteiger partial charge in [0.15, 0.2) is 16.5 Å². The summed E-state index contributed by atoms with van der Waals surface area (Å²) >= 11 is 1.38. The fourth-order valence-electron chi connectivity index (χ4n) is 3.39. The summed E-state index contributed by atoms with van der Waals surface area (Å²) in [6.45, 7) is 0.458. The van der Waals surface area contributed by atoms with E-state index >= 15 is 0 Å². The quantitative estimate of drug-likeness (QED) is 0.436. The predicted molar refractivity (Wildman–Crippen MR) is 119 cm³/mol. The summed E-state index contributed by atoms with van der Waals surface area (Å²) in [5.41, 5.74) is 3.54. The smallest absolute Gasteiger partial charge is 0.274 e. The molecule has 0 saturated carbocycles. The van der Waals surface area contributed by atoms with Crippen LogP contribution >= 0.6 is 11.3 Å². The van der Waals surface area contributed by atoms with Crippen LogP contribution in [0.2, 0.25) is 0 Å². The molecule has 2 heterocycles. The summed E-state index contributed by atoms with van der Waals surface area (Å²) in [5, 5.41) is 0. The fourth-order valence-corrected chi connectivity index (χ4v) is 4.38. The lowest BCUT2D eigenvalue weighted by atomic mass is 10.2. The van der Waals surface area contributed by atoms with E-state index in [2.05, 4.69) is 4.98 Å². The minimum atomic E-state index is -0.0629. The van der Waals surface area contributed by atoms with Crippen molar-refractivity contribution in [3.05, 3.63) is 98.8 Å². The van der Waals surface area contributed by atoms with Crippen molar-refractivity contribution in [3.8, 4) is 11.5 Å². The molecule has 0 fully saturated rings. The Morgan fingerprint density at radius 3 is 2.63 bits per heavy atom. The van der Waals surface area contributed by atoms with Crippen molar-refractivity contribution < 1.29 is 9.47 Å². The lowest BCUT2D eigenvalue weighted by Gasteiger charge is -2.11. The third-order valence-electron chi connectivity index (χ3n) is 4.87. The molecule has 5 aromatic rings. The van der Waals surface area contributed by atoms with Gasteiger partial charge in [-0.2, -0.15) is 0 Å². The van der Waals surface area contributed by atoms with Gasteiger partial charge in [-0.05, 0) is 41.5 Å². The molecule has 2 aromatic heterocycles. The maximum absolute atomic E-state index is 12.9. The van der Waals surface area contributed by atoms with Gasteiger partial charge in [-0.15, -0.1) is 0 Å². The maximum atomic E-state index is 12.9. The molecule has 30 heavy (non-hydrogen) atoms. The number of thiazole rings is 1. The topological polar surface area (TPSA) is 52.8 Å². The highest BCUT2D eigenvalue weighted by Crippen LogP contribution is 2.29. The molecule has 5 nitrogen and oxygen atoms in total. The van der Waals surface area contributed by atoms with Crippen molar-refractivity contribution in [2.75, 3.05) is 7.11 Å². The number of imidazole rings is 1. The zero-order valence-electron chi connectivity index (χ0n) is 16.2. The number of hydrogen-bond donors (Lipinski definition) is 0. The number of hydrogen-bond acceptors (Lipinski definition) is 5. The predicted octanol–water partition coefficient (Wildman–Crippen LogP) is 4.04. The second-order valence-electron chi connectivity index (χ2n) is 6.82. The van der Waals surface area contributed by atoms with Crippen LogP contribution in [0.15, 0.2) is 77.6 Å². The van der Waals surface area contributed by atoms with Gasteiger partial charge < -0.3 is 9.47 Å². The van der Waals surface area contributed by atoms with Crippen LogP contribution in [0.25, 0.3) is 22.1 Å². The third kappa shape index (κ3) is 3.31. The molecule has 0 amide bonds. The van der Waals surface area contributed by atoms with Crippen LogP contribution in [-0.4, -0.2) is 16.5 Å². The molecule has 148 valence electrons. The summed E-state index contributed by atoms with van der Waals surface area (Å²) in [7, 11) is 1.61. The molecule has 3 aromatic carbocycles. The molecule has 0 atom stereocenters. The lowest BCUT2D eigenvalue weighted by Crippen LogP contribution is -2.22. The summed E-state index contributed by atoms with van der Waals surface area (Å²) in [5.74, 6) is 1.28. The molecule has 0 radical (unpaired) electrons. The number of aromatic nitrogens is 2. The van der Waals surface area contributed by atoms with Gasteiger partial charge in [-0.1, -0.05) is 59.9 Å². The normalized spacial score (nSPS) is 12.0. The number of fused-ring (bicyclic) bond motifs is 3. The van der Waals surface area contributed by atoms with Crippen LogP contribution in [-0.2, 0) is 6.61 Å². The van der Waals surface area contributed by atoms with Crippen molar-refractivity contribution in [3.63, 3.8) is 0 Å². The molecule has 6 heteroatoms. The molecular weight excluding hydrogens is 396 g/mol. The van der Waals surface area contributed by atoms with Gasteiger partial charge in [0.1, 0.15) is 6.61 Å². The zero-order valence-corrected chi connectivity index (χ0v) is 17.1. The highest BCUT2D eigenvalue weighted by atomic mass is 32.1. The summed E-state index contributed by atoms with van der Waals surface area (Å²) < 4.78 is 13.7. The molecule has 0 saturated heterocycles. The van der Waals surface area contributed by atoms with E-state index < -0.39 is 0 Å². The monoisotopic (exact) mass is 414 g/mol. The Hall–Kier alpha value is -3.64. The first-order chi connectivity index (χ1) is 14.7. The average Bonchev–Trinajstić information content (AvgIpc) is 3.29. The number of rotatable bonds is 5. The minimum Gasteiger partial charge on any atom is -0.493 e. The number of methoxy groups -OCH3 is 1. The SMILES string of the molecule is COc1cc(/C=c2/sc3nc4ccccc4n3c2=O)ccc1OCc1ccccc1. The van der Waals surface area contributed by atoms with Crippen molar-refractivity contribution in [1.82, 2.24) is 9.38 Å². The molecule has 0 aliphatic rings. The van der Waals surface area contributed by atoms with Gasteiger partial charge in [0, 0.05) is 0 Å². The Morgan fingerprint density at radius 1 is 1.00 bits per heavy atom. The standard InChI is InChI=1S/C24H18N2O3S/c1-28-21-13-17(11-12-20(21)29-15-16-7-3-2-4-8-16)14-22-23(27)26-19-10-6-5-9-18(19)25-24(26)30-22/h2-14H,15H2,1H3/b22-14+. The molecule has 5 rings (SSSR count). The summed E-state index contributed by atoms with van der Waals surface area (Å²) in [6.07, 6.45) is 1.86. The molecule has 0 N–H and O–H groups in total. The van der Waals surface area contributed by atoms with Crippen molar-refractivity contribution in [2.45, 2.75) is 6.61 Å². The lowest BCUT2D eigenvalue weighted by molar-refractivity contribution is 0.284. The van der Waals surface area contributed by atoms with Gasteiger partial charge >= 0.3 is 0 Å². The number of ether oxygens (including phenoxy) is 2. The molecule has 0 aliphatic carbocycles. The third-order valence-corrected chi connectivity index (χ3v) is 5.84. The van der Waals surface area contributed by atoms with E-state index in [-0.39, 0.29) is 5.56 Å². The fraction of sp³-hybridized carbons (Fsp3) is 0.0833. The van der Waals surface area contributed by atoms with Crippen LogP contribution in [0, 0.1) is 0 Å². The van der Waals surface area contributed by atoms with E-state index in [1.54, 1.807) is 11.5 Å². The first-order valence-electron chi connectivity index (χ1n) is 9.49. The molecule has 0 aliphatic heterocycles. The van der Waals surface area contributed by atoms with Gasteiger partial charge in [0.2, 0.25) is 0 Å². The first-order valence-corrected chi connectivity index (χ1v) is 10.3. The largest absolute Gasteiger partial charge is 0.493 e. The van der Waals surface area contributed by atoms with E-state index in [1.807, 2.05) is 78.9 Å². The van der Waals surface area contributed by atoms with Crippen molar-refractivity contribution >= 4 is 33.4 Å². The van der Waals surface area contributed by atoms with E-state index in [1.165, 1.54) is 11.3 Å². The summed E-state index contributed by atoms with van der Waals surface area (Å²) in [6, 6.07) is 23.3. The first kappa shape index (κ1) is 18.4. The molecule has 0 bridgehead atoms. The second-order valence-corrected chi connectivity index (χ2v) is 7.83. The summed E-state index contributed by atoms with van der Waals surface area (Å²) in [4.78, 5) is 18.2. The van der Waals surface area contributed by atoms with E-state index in [4.69, 9.17) is 9.47 Å². The van der Waals surface area contributed by atoms with Gasteiger partial charge in [0.25, 0.3) is 5.56 Å². The van der Waals surface area contributed by atoms with Gasteiger partial charge in [0.05, 0.1) is 22.7 Å². The van der Waals surface area contributed by atoms with Crippen LogP contribution in [0.4, 0.5) is 0 Å². The van der Waals surface area contributed by atoms with Gasteiger partial charge in [-0.25, -0.2) is 9.38 Å². The minimum absolute atomic E-state index is 0.0629. The maximum Gasteiger partial charge on any atom is 0.274 e. The van der Waals surface area contributed by atoms with Crippen LogP contribution in [0.1, 0.15) is 11.1 Å². The number of benzene rings is 3. The van der Waals surface area contributed by atoms with E-state index in [0.29, 0.717) is 27.6 Å². The van der Waals surface area contributed by atoms with Crippen molar-refractivity contribution in [2.24, 2.45) is 0 Å². The highest BCUT2D eigenvalue weighted by molar-refractivity contribution is 7.15. The van der Waals surface area contributed by atoms with Gasteiger partial charge in [-0.3, -0.25) is 4.79 Å². The van der Waals surface area contributed by atoms with Crippen molar-refractivity contribution in [1.29, 1.82) is 0 Å². The van der Waals surface area contributed by atoms with E-state index in [9.17, 15) is 4.79 Å². The molecule has 0 spiro atoms. The van der Waals surface area contributed by atoms with Crippen LogP contribution < -0.4 is 19.6 Å². The zero-order chi connectivity index (χ0) is 20.5. The molecule has 0 unspecified atom stereocenters. The Balaban J connectivity index is 1.49. The van der Waals surface area contributed by atoms with E-state index in [0.717, 1.165) is 22.2 Å². The Morgan fingerprint density at radius 2 is 1.80 bits per heavy atom. The van der Waals surface area contributed by atoms with Crippen LogP contribution in [0.3, 0.4) is 0 Å². The number of para-hydroxylation sites is 2. The average molecular weight is 414 g/mol. The second kappa shape index (κ2) is 7.65.